The fraction of sp³-hybridized carbons (Fsp3) is 0.667. The number of rotatable bonds is 6. The van der Waals surface area contributed by atoms with Crippen molar-refractivity contribution in [2.75, 3.05) is 33.2 Å². The molecule has 0 radical (unpaired) electrons. The normalized spacial score (nSPS) is 17.2. The molecule has 8 heteroatoms. The van der Waals surface area contributed by atoms with Crippen LogP contribution in [0.2, 0.25) is 0 Å². The van der Waals surface area contributed by atoms with Crippen molar-refractivity contribution in [3.8, 4) is 0 Å². The quantitative estimate of drug-likeness (QED) is 0.813. The van der Waals surface area contributed by atoms with E-state index in [2.05, 4.69) is 20.8 Å². The Balaban J connectivity index is 2.05. The molecule has 1 aromatic rings. The molecule has 1 aliphatic rings. The highest BCUT2D eigenvalue weighted by atomic mass is 79.9. The lowest BCUT2D eigenvalue weighted by Crippen LogP contribution is -2.35. The van der Waals surface area contributed by atoms with Gasteiger partial charge in [-0.15, -0.1) is 11.3 Å². The third-order valence-electron chi connectivity index (χ3n) is 3.53. The number of likely N-dealkylation sites (N-methyl/N-ethyl adjacent to an activating group) is 1. The number of halogens is 1. The van der Waals surface area contributed by atoms with E-state index in [1.165, 1.54) is 28.5 Å². The summed E-state index contributed by atoms with van der Waals surface area (Å²) in [5.74, 6) is 0. The second-order valence-electron chi connectivity index (χ2n) is 4.93. The lowest BCUT2D eigenvalue weighted by molar-refractivity contribution is 0.310. The predicted molar refractivity (Wildman–Crippen MR) is 85.4 cm³/mol. The first-order valence-electron chi connectivity index (χ1n) is 6.62. The number of hydrogen-bond acceptors (Lipinski definition) is 5. The fourth-order valence-corrected chi connectivity index (χ4v) is 5.92. The molecule has 0 saturated carbocycles. The van der Waals surface area contributed by atoms with Crippen LogP contribution in [0.4, 0.5) is 0 Å². The van der Waals surface area contributed by atoms with Crippen LogP contribution in [-0.4, -0.2) is 50.8 Å². The second-order valence-corrected chi connectivity index (χ2v) is 9.40. The Bertz CT molecular complexity index is 553. The predicted octanol–water partition coefficient (Wildman–Crippen LogP) is 1.69. The average Bonchev–Trinajstić information content (AvgIpc) is 3.04. The molecule has 1 aliphatic heterocycles. The number of nitrogens with zero attached hydrogens (tertiary/aromatic N) is 2. The minimum atomic E-state index is -3.44. The molecule has 20 heavy (non-hydrogen) atoms. The van der Waals surface area contributed by atoms with E-state index in [0.29, 0.717) is 21.8 Å². The summed E-state index contributed by atoms with van der Waals surface area (Å²) < 4.78 is 27.1. The zero-order valence-electron chi connectivity index (χ0n) is 11.5. The first-order chi connectivity index (χ1) is 9.45. The van der Waals surface area contributed by atoms with Crippen molar-refractivity contribution in [2.24, 2.45) is 5.73 Å². The fourth-order valence-electron chi connectivity index (χ4n) is 2.25. The molecular weight excluding hydrogens is 362 g/mol. The van der Waals surface area contributed by atoms with Crippen LogP contribution in [0.1, 0.15) is 17.7 Å². The summed E-state index contributed by atoms with van der Waals surface area (Å²) in [6, 6.07) is 1.66. The van der Waals surface area contributed by atoms with Gasteiger partial charge in [-0.3, -0.25) is 0 Å². The molecule has 2 rings (SSSR count). The first-order valence-corrected chi connectivity index (χ1v) is 9.67. The van der Waals surface area contributed by atoms with Crippen molar-refractivity contribution in [3.05, 3.63) is 14.7 Å². The highest BCUT2D eigenvalue weighted by molar-refractivity contribution is 9.11. The Morgan fingerprint density at radius 2 is 2.10 bits per heavy atom. The molecule has 2 heterocycles. The molecule has 0 aromatic carbocycles. The Kier molecular flexibility index (Phi) is 5.61. The number of sulfonamides is 1. The van der Waals surface area contributed by atoms with Gasteiger partial charge in [0, 0.05) is 31.6 Å². The van der Waals surface area contributed by atoms with E-state index in [0.717, 1.165) is 24.5 Å². The summed E-state index contributed by atoms with van der Waals surface area (Å²) in [7, 11) is -1.80. The maximum atomic E-state index is 12.5. The third-order valence-corrected chi connectivity index (χ3v) is 7.66. The van der Waals surface area contributed by atoms with Crippen LogP contribution in [-0.2, 0) is 16.6 Å². The molecule has 1 fully saturated rings. The van der Waals surface area contributed by atoms with Gasteiger partial charge < -0.3 is 10.6 Å². The molecule has 0 unspecified atom stereocenters. The molecule has 0 amide bonds. The topological polar surface area (TPSA) is 66.6 Å². The van der Waals surface area contributed by atoms with E-state index in [9.17, 15) is 8.42 Å². The van der Waals surface area contributed by atoms with Crippen molar-refractivity contribution in [2.45, 2.75) is 24.3 Å². The van der Waals surface area contributed by atoms with Crippen molar-refractivity contribution in [1.29, 1.82) is 0 Å². The highest BCUT2D eigenvalue weighted by Crippen LogP contribution is 2.33. The van der Waals surface area contributed by atoms with Crippen LogP contribution in [0, 0.1) is 0 Å². The summed E-state index contributed by atoms with van der Waals surface area (Å²) in [5.41, 5.74) is 5.57. The summed E-state index contributed by atoms with van der Waals surface area (Å²) >= 11 is 4.70. The number of thiophene rings is 1. The molecule has 114 valence electrons. The smallest absolute Gasteiger partial charge is 0.244 e. The average molecular weight is 382 g/mol. The van der Waals surface area contributed by atoms with Gasteiger partial charge in [0.15, 0.2) is 0 Å². The van der Waals surface area contributed by atoms with Crippen LogP contribution in [0.25, 0.3) is 0 Å². The van der Waals surface area contributed by atoms with E-state index in [-0.39, 0.29) is 0 Å². The van der Waals surface area contributed by atoms with Gasteiger partial charge in [0.2, 0.25) is 10.0 Å². The monoisotopic (exact) mass is 381 g/mol. The zero-order chi connectivity index (χ0) is 14.8. The van der Waals surface area contributed by atoms with Gasteiger partial charge in [0.1, 0.15) is 4.90 Å². The van der Waals surface area contributed by atoms with Crippen LogP contribution in [0.15, 0.2) is 14.7 Å². The second kappa shape index (κ2) is 6.85. The van der Waals surface area contributed by atoms with Crippen molar-refractivity contribution < 1.29 is 8.42 Å². The van der Waals surface area contributed by atoms with Crippen molar-refractivity contribution >= 4 is 37.3 Å². The molecule has 0 atom stereocenters. The van der Waals surface area contributed by atoms with Crippen molar-refractivity contribution in [3.63, 3.8) is 0 Å². The van der Waals surface area contributed by atoms with Gasteiger partial charge in [-0.05, 0) is 47.9 Å². The molecule has 2 N–H and O–H groups in total. The van der Waals surface area contributed by atoms with Crippen molar-refractivity contribution in [1.82, 2.24) is 9.21 Å². The van der Waals surface area contributed by atoms with E-state index in [4.69, 9.17) is 5.73 Å². The third kappa shape index (κ3) is 3.61. The molecule has 5 nitrogen and oxygen atoms in total. The molecule has 1 aromatic heterocycles. The largest absolute Gasteiger partial charge is 0.326 e. The van der Waals surface area contributed by atoms with Gasteiger partial charge >= 0.3 is 0 Å². The Hall–Kier alpha value is 0.01000. The number of nitrogens with two attached hydrogens (primary N) is 1. The first kappa shape index (κ1) is 16.4. The SMILES string of the molecule is CN(CCN1CCCC1)S(=O)(=O)c1cc(CN)sc1Br. The zero-order valence-corrected chi connectivity index (χ0v) is 14.7. The minimum absolute atomic E-state index is 0.326. The van der Waals surface area contributed by atoms with Gasteiger partial charge in [0.25, 0.3) is 0 Å². The standard InChI is InChI=1S/C12H20BrN3O2S2/c1-15(6-7-16-4-2-3-5-16)20(17,18)11-8-10(9-14)19-12(11)13/h8H,2-7,9,14H2,1H3. The van der Waals surface area contributed by atoms with Gasteiger partial charge in [-0.2, -0.15) is 4.31 Å². The van der Waals surface area contributed by atoms with Crippen LogP contribution in [0.5, 0.6) is 0 Å². The molecule has 0 aliphatic carbocycles. The van der Waals surface area contributed by atoms with E-state index < -0.39 is 10.0 Å². The highest BCUT2D eigenvalue weighted by Gasteiger charge is 2.26. The summed E-state index contributed by atoms with van der Waals surface area (Å²) in [5, 5.41) is 0. The summed E-state index contributed by atoms with van der Waals surface area (Å²) in [6.45, 7) is 3.82. The minimum Gasteiger partial charge on any atom is -0.326 e. The Morgan fingerprint density at radius 1 is 1.45 bits per heavy atom. The lowest BCUT2D eigenvalue weighted by Gasteiger charge is -2.21. The summed E-state index contributed by atoms with van der Waals surface area (Å²) in [4.78, 5) is 3.50. The van der Waals surface area contributed by atoms with E-state index in [1.54, 1.807) is 13.1 Å². The van der Waals surface area contributed by atoms with E-state index in [1.807, 2.05) is 0 Å². The van der Waals surface area contributed by atoms with Crippen LogP contribution < -0.4 is 5.73 Å². The maximum absolute atomic E-state index is 12.5. The molecule has 0 spiro atoms. The Morgan fingerprint density at radius 3 is 2.65 bits per heavy atom. The van der Waals surface area contributed by atoms with E-state index >= 15 is 0 Å². The van der Waals surface area contributed by atoms with Gasteiger partial charge in [-0.25, -0.2) is 8.42 Å². The van der Waals surface area contributed by atoms with Crippen LogP contribution in [0.3, 0.4) is 0 Å². The summed E-state index contributed by atoms with van der Waals surface area (Å²) in [6.07, 6.45) is 2.43. The van der Waals surface area contributed by atoms with Gasteiger partial charge in [-0.1, -0.05) is 0 Å². The Labute approximate surface area is 132 Å². The van der Waals surface area contributed by atoms with Gasteiger partial charge in [0.05, 0.1) is 3.79 Å². The maximum Gasteiger partial charge on any atom is 0.244 e. The molecule has 0 bridgehead atoms. The molecular formula is C12H20BrN3O2S2. The van der Waals surface area contributed by atoms with Crippen LogP contribution >= 0.6 is 27.3 Å². The number of hydrogen-bond donors (Lipinski definition) is 1. The number of likely N-dealkylation sites (tertiary alicyclic amines) is 1. The lowest BCUT2D eigenvalue weighted by atomic mass is 10.4. The molecule has 1 saturated heterocycles.